The number of ether oxygens (including phenoxy) is 2. The van der Waals surface area contributed by atoms with E-state index in [4.69, 9.17) is 15.2 Å². The smallest absolute Gasteiger partial charge is 0.128 e. The third-order valence-corrected chi connectivity index (χ3v) is 3.54. The maximum absolute atomic E-state index is 6.01. The molecule has 2 N–H and O–H groups in total. The number of hydrogen-bond donors (Lipinski definition) is 1. The summed E-state index contributed by atoms with van der Waals surface area (Å²) in [5, 5.41) is 0. The van der Waals surface area contributed by atoms with E-state index < -0.39 is 0 Å². The molecule has 4 heteroatoms. The SMILES string of the molecule is COc1cccc(OCc2ccc(Br)cc2)c1[C@H](C)N. The molecule has 2 aromatic carbocycles. The van der Waals surface area contributed by atoms with Gasteiger partial charge in [-0.15, -0.1) is 0 Å². The topological polar surface area (TPSA) is 44.5 Å². The number of rotatable bonds is 5. The lowest BCUT2D eigenvalue weighted by Crippen LogP contribution is -2.10. The van der Waals surface area contributed by atoms with Gasteiger partial charge in [-0.25, -0.2) is 0 Å². The van der Waals surface area contributed by atoms with Gasteiger partial charge in [-0.3, -0.25) is 0 Å². The van der Waals surface area contributed by atoms with Crippen LogP contribution in [0.3, 0.4) is 0 Å². The van der Waals surface area contributed by atoms with E-state index in [1.54, 1.807) is 7.11 Å². The third kappa shape index (κ3) is 3.52. The summed E-state index contributed by atoms with van der Waals surface area (Å²) >= 11 is 3.42. The maximum Gasteiger partial charge on any atom is 0.128 e. The van der Waals surface area contributed by atoms with Crippen LogP contribution in [0.1, 0.15) is 24.1 Å². The van der Waals surface area contributed by atoms with Crippen LogP contribution in [0, 0.1) is 0 Å². The monoisotopic (exact) mass is 335 g/mol. The minimum atomic E-state index is -0.147. The first-order chi connectivity index (χ1) is 9.61. The zero-order valence-electron chi connectivity index (χ0n) is 11.6. The van der Waals surface area contributed by atoms with Crippen LogP contribution in [0.15, 0.2) is 46.9 Å². The molecule has 0 bridgehead atoms. The van der Waals surface area contributed by atoms with Crippen LogP contribution in [0.2, 0.25) is 0 Å². The molecule has 0 saturated carbocycles. The molecule has 0 saturated heterocycles. The van der Waals surface area contributed by atoms with Crippen LogP contribution in [-0.4, -0.2) is 7.11 Å². The lowest BCUT2D eigenvalue weighted by Gasteiger charge is -2.17. The van der Waals surface area contributed by atoms with Gasteiger partial charge in [0, 0.05) is 10.5 Å². The fourth-order valence-electron chi connectivity index (χ4n) is 2.02. The van der Waals surface area contributed by atoms with E-state index in [2.05, 4.69) is 15.9 Å². The van der Waals surface area contributed by atoms with E-state index >= 15 is 0 Å². The van der Waals surface area contributed by atoms with E-state index in [0.29, 0.717) is 6.61 Å². The molecule has 2 rings (SSSR count). The number of hydrogen-bond acceptors (Lipinski definition) is 3. The van der Waals surface area contributed by atoms with Crippen LogP contribution in [0.5, 0.6) is 11.5 Å². The minimum Gasteiger partial charge on any atom is -0.496 e. The van der Waals surface area contributed by atoms with E-state index in [-0.39, 0.29) is 6.04 Å². The maximum atomic E-state index is 6.01. The Bertz CT molecular complexity index is 567. The summed E-state index contributed by atoms with van der Waals surface area (Å²) in [6.07, 6.45) is 0. The van der Waals surface area contributed by atoms with Crippen LogP contribution in [0.25, 0.3) is 0 Å². The molecule has 2 aromatic rings. The number of benzene rings is 2. The summed E-state index contributed by atoms with van der Waals surface area (Å²) in [5.74, 6) is 1.52. The second-order valence-electron chi connectivity index (χ2n) is 4.58. The molecule has 0 unspecified atom stereocenters. The summed E-state index contributed by atoms with van der Waals surface area (Å²) in [6.45, 7) is 2.42. The van der Waals surface area contributed by atoms with E-state index in [0.717, 1.165) is 27.1 Å². The summed E-state index contributed by atoms with van der Waals surface area (Å²) in [5.41, 5.74) is 8.01. The quantitative estimate of drug-likeness (QED) is 0.896. The zero-order chi connectivity index (χ0) is 14.5. The van der Waals surface area contributed by atoms with Crippen LogP contribution < -0.4 is 15.2 Å². The molecule has 20 heavy (non-hydrogen) atoms. The highest BCUT2D eigenvalue weighted by Crippen LogP contribution is 2.33. The minimum absolute atomic E-state index is 0.147. The second kappa shape index (κ2) is 6.77. The molecule has 0 radical (unpaired) electrons. The van der Waals surface area contributed by atoms with Gasteiger partial charge in [0.2, 0.25) is 0 Å². The van der Waals surface area contributed by atoms with E-state index in [9.17, 15) is 0 Å². The van der Waals surface area contributed by atoms with Crippen molar-refractivity contribution in [1.29, 1.82) is 0 Å². The Morgan fingerprint density at radius 1 is 1.10 bits per heavy atom. The van der Waals surface area contributed by atoms with Gasteiger partial charge in [-0.2, -0.15) is 0 Å². The van der Waals surface area contributed by atoms with Gasteiger partial charge < -0.3 is 15.2 Å². The van der Waals surface area contributed by atoms with Gasteiger partial charge in [0.05, 0.1) is 12.7 Å². The van der Waals surface area contributed by atoms with Gasteiger partial charge in [-0.05, 0) is 36.8 Å². The van der Waals surface area contributed by atoms with Gasteiger partial charge >= 0.3 is 0 Å². The Balaban J connectivity index is 2.18. The molecular weight excluding hydrogens is 318 g/mol. The molecule has 0 aliphatic carbocycles. The van der Waals surface area contributed by atoms with Crippen molar-refractivity contribution in [1.82, 2.24) is 0 Å². The molecule has 0 aliphatic rings. The Hall–Kier alpha value is -1.52. The van der Waals surface area contributed by atoms with Crippen molar-refractivity contribution in [2.45, 2.75) is 19.6 Å². The van der Waals surface area contributed by atoms with Gasteiger partial charge in [0.25, 0.3) is 0 Å². The molecule has 0 aromatic heterocycles. The number of nitrogens with two attached hydrogens (primary N) is 1. The van der Waals surface area contributed by atoms with Gasteiger partial charge in [0.1, 0.15) is 18.1 Å². The van der Waals surface area contributed by atoms with Gasteiger partial charge in [0.15, 0.2) is 0 Å². The molecule has 3 nitrogen and oxygen atoms in total. The zero-order valence-corrected chi connectivity index (χ0v) is 13.2. The van der Waals surface area contributed by atoms with Crippen LogP contribution in [0.4, 0.5) is 0 Å². The Labute approximate surface area is 127 Å². The number of halogens is 1. The lowest BCUT2D eigenvalue weighted by molar-refractivity contribution is 0.297. The van der Waals surface area contributed by atoms with Gasteiger partial charge in [-0.1, -0.05) is 34.1 Å². The predicted octanol–water partition coefficient (Wildman–Crippen LogP) is 4.06. The first-order valence-electron chi connectivity index (χ1n) is 6.41. The van der Waals surface area contributed by atoms with Crippen LogP contribution >= 0.6 is 15.9 Å². The molecule has 0 fully saturated rings. The van der Waals surface area contributed by atoms with E-state index in [1.807, 2.05) is 49.4 Å². The fraction of sp³-hybridized carbons (Fsp3) is 0.250. The second-order valence-corrected chi connectivity index (χ2v) is 5.49. The third-order valence-electron chi connectivity index (χ3n) is 3.01. The predicted molar refractivity (Wildman–Crippen MR) is 84.1 cm³/mol. The van der Waals surface area contributed by atoms with Crippen molar-refractivity contribution in [2.24, 2.45) is 5.73 Å². The molecule has 0 spiro atoms. The lowest BCUT2D eigenvalue weighted by atomic mass is 10.1. The highest BCUT2D eigenvalue weighted by molar-refractivity contribution is 9.10. The molecule has 0 amide bonds. The molecule has 0 heterocycles. The first-order valence-corrected chi connectivity index (χ1v) is 7.21. The standard InChI is InChI=1S/C16H18BrNO2/c1-11(18)16-14(19-2)4-3-5-15(16)20-10-12-6-8-13(17)9-7-12/h3-9,11H,10,18H2,1-2H3/t11-/m0/s1. The largest absolute Gasteiger partial charge is 0.496 e. The summed E-state index contributed by atoms with van der Waals surface area (Å²) < 4.78 is 12.3. The highest BCUT2D eigenvalue weighted by atomic mass is 79.9. The summed E-state index contributed by atoms with van der Waals surface area (Å²) in [7, 11) is 1.64. The normalized spacial score (nSPS) is 12.0. The average Bonchev–Trinajstić information content (AvgIpc) is 2.46. The Kier molecular flexibility index (Phi) is 5.04. The Morgan fingerprint density at radius 3 is 2.35 bits per heavy atom. The molecule has 1 atom stereocenters. The summed E-state index contributed by atoms with van der Waals surface area (Å²) in [6, 6.07) is 13.6. The van der Waals surface area contributed by atoms with Crippen molar-refractivity contribution in [2.75, 3.05) is 7.11 Å². The van der Waals surface area contributed by atoms with Crippen molar-refractivity contribution >= 4 is 15.9 Å². The van der Waals surface area contributed by atoms with Crippen LogP contribution in [-0.2, 0) is 6.61 Å². The fourth-order valence-corrected chi connectivity index (χ4v) is 2.28. The molecule has 106 valence electrons. The van der Waals surface area contributed by atoms with Crippen molar-refractivity contribution < 1.29 is 9.47 Å². The highest BCUT2D eigenvalue weighted by Gasteiger charge is 2.14. The first kappa shape index (κ1) is 14.9. The molecule has 0 aliphatic heterocycles. The Morgan fingerprint density at radius 2 is 1.75 bits per heavy atom. The average molecular weight is 336 g/mol. The van der Waals surface area contributed by atoms with E-state index in [1.165, 1.54) is 0 Å². The van der Waals surface area contributed by atoms with Crippen molar-refractivity contribution in [3.63, 3.8) is 0 Å². The van der Waals surface area contributed by atoms with Crippen molar-refractivity contribution in [3.05, 3.63) is 58.1 Å². The number of methoxy groups -OCH3 is 1. The summed E-state index contributed by atoms with van der Waals surface area (Å²) in [4.78, 5) is 0. The van der Waals surface area contributed by atoms with Crippen molar-refractivity contribution in [3.8, 4) is 11.5 Å². The molecular formula is C16H18BrNO2.